The van der Waals surface area contributed by atoms with Crippen molar-refractivity contribution in [3.05, 3.63) is 89.2 Å². The smallest absolute Gasteiger partial charge is 0.349 e. The molecule has 1 aliphatic rings. The first-order chi connectivity index (χ1) is 21.6. The molecule has 4 rings (SSSR count). The van der Waals surface area contributed by atoms with Crippen LogP contribution in [-0.4, -0.2) is 61.0 Å². The summed E-state index contributed by atoms with van der Waals surface area (Å²) in [6.45, 7) is 3.26. The van der Waals surface area contributed by atoms with Crippen LogP contribution in [-0.2, 0) is 39.9 Å². The number of methoxy groups -OCH3 is 1. The minimum Gasteiger partial charge on any atom is -1.00 e. The zero-order valence-electron chi connectivity index (χ0n) is 25.6. The summed E-state index contributed by atoms with van der Waals surface area (Å²) in [6, 6.07) is 15.5. The maximum absolute atomic E-state index is 13.1. The number of hydrogen-bond donors (Lipinski definition) is 1. The highest BCUT2D eigenvalue weighted by atomic mass is 79.9. The maximum atomic E-state index is 13.1. The fourth-order valence-electron chi connectivity index (χ4n) is 4.70. The lowest BCUT2D eigenvalue weighted by atomic mass is 10.1. The SMILES string of the molecule is COc1cc(/C=C/c2ccc(OC(=O)c3ccc[n+](C4O[C@H](COC(C)=O)[C@@H](OC(C)=O)[C@H]4OC(C)=O)c3)cc2)cc(CO)c1.[Br-]. The number of aliphatic hydroxyl groups is 1. The summed E-state index contributed by atoms with van der Waals surface area (Å²) < 4.78 is 34.3. The molecule has 0 amide bonds. The second-order valence-electron chi connectivity index (χ2n) is 10.1. The van der Waals surface area contributed by atoms with Crippen LogP contribution < -0.4 is 31.0 Å². The number of pyridine rings is 1. The van der Waals surface area contributed by atoms with Gasteiger partial charge in [-0.25, -0.2) is 4.79 Å². The first-order valence-corrected chi connectivity index (χ1v) is 14.0. The number of aliphatic hydroxyl groups excluding tert-OH is 1. The van der Waals surface area contributed by atoms with Crippen molar-refractivity contribution >= 4 is 36.0 Å². The zero-order valence-corrected chi connectivity index (χ0v) is 27.2. The summed E-state index contributed by atoms with van der Waals surface area (Å²) in [4.78, 5) is 48.3. The molecule has 1 N–H and O–H groups in total. The van der Waals surface area contributed by atoms with Crippen LogP contribution >= 0.6 is 0 Å². The minimum absolute atomic E-state index is 0. The molecule has 1 saturated heterocycles. The van der Waals surface area contributed by atoms with Crippen molar-refractivity contribution in [3.8, 4) is 11.5 Å². The molecule has 13 heteroatoms. The van der Waals surface area contributed by atoms with Gasteiger partial charge in [0.05, 0.1) is 13.7 Å². The number of aromatic nitrogens is 1. The fourth-order valence-corrected chi connectivity index (χ4v) is 4.70. The van der Waals surface area contributed by atoms with Gasteiger partial charge in [-0.1, -0.05) is 24.3 Å². The average molecular weight is 701 g/mol. The normalized spacial score (nSPS) is 18.7. The number of nitrogens with zero attached hydrogens (tertiary/aromatic N) is 1. The highest BCUT2D eigenvalue weighted by Gasteiger charge is 2.54. The van der Waals surface area contributed by atoms with Crippen LogP contribution in [0.1, 0.15) is 54.0 Å². The predicted octanol–water partition coefficient (Wildman–Crippen LogP) is 0.193. The van der Waals surface area contributed by atoms with Crippen molar-refractivity contribution in [1.82, 2.24) is 0 Å². The molecule has 0 saturated carbocycles. The summed E-state index contributed by atoms with van der Waals surface area (Å²) >= 11 is 0. The average Bonchev–Trinajstić information content (AvgIpc) is 3.34. The van der Waals surface area contributed by atoms with Gasteiger partial charge in [-0.2, -0.15) is 4.57 Å². The molecule has 244 valence electrons. The molecular weight excluding hydrogens is 666 g/mol. The number of ether oxygens (including phenoxy) is 6. The van der Waals surface area contributed by atoms with Crippen LogP contribution in [0.3, 0.4) is 0 Å². The third-order valence-corrected chi connectivity index (χ3v) is 6.66. The van der Waals surface area contributed by atoms with E-state index in [1.165, 1.54) is 31.5 Å². The van der Waals surface area contributed by atoms with E-state index in [4.69, 9.17) is 28.4 Å². The number of esters is 4. The molecule has 0 radical (unpaired) electrons. The number of hydrogen-bond acceptors (Lipinski definition) is 11. The largest absolute Gasteiger partial charge is 1.00 e. The van der Waals surface area contributed by atoms with Crippen LogP contribution in [0.25, 0.3) is 12.2 Å². The molecule has 4 atom stereocenters. The van der Waals surface area contributed by atoms with Crippen molar-refractivity contribution in [1.29, 1.82) is 0 Å². The van der Waals surface area contributed by atoms with E-state index >= 15 is 0 Å². The molecule has 2 aromatic carbocycles. The van der Waals surface area contributed by atoms with Crippen molar-refractivity contribution in [2.75, 3.05) is 13.7 Å². The monoisotopic (exact) mass is 699 g/mol. The topological polar surface area (TPSA) is 148 Å². The van der Waals surface area contributed by atoms with Gasteiger partial charge < -0.3 is 50.5 Å². The summed E-state index contributed by atoms with van der Waals surface area (Å²) in [5.74, 6) is -1.57. The van der Waals surface area contributed by atoms with Crippen LogP contribution in [0, 0.1) is 0 Å². The van der Waals surface area contributed by atoms with E-state index in [2.05, 4.69) is 0 Å². The van der Waals surface area contributed by atoms with Gasteiger partial charge in [0.2, 0.25) is 6.10 Å². The third kappa shape index (κ3) is 9.70. The molecule has 0 aliphatic carbocycles. The Morgan fingerprint density at radius 2 is 1.54 bits per heavy atom. The molecule has 0 bridgehead atoms. The van der Waals surface area contributed by atoms with Gasteiger partial charge in [-0.3, -0.25) is 14.4 Å². The van der Waals surface area contributed by atoms with Gasteiger partial charge in [0.15, 0.2) is 18.5 Å². The highest BCUT2D eigenvalue weighted by Crippen LogP contribution is 2.31. The summed E-state index contributed by atoms with van der Waals surface area (Å²) in [7, 11) is 1.56. The van der Waals surface area contributed by atoms with E-state index in [1.807, 2.05) is 24.3 Å². The van der Waals surface area contributed by atoms with E-state index in [0.717, 1.165) is 16.7 Å². The Morgan fingerprint density at radius 1 is 0.870 bits per heavy atom. The van der Waals surface area contributed by atoms with Crippen molar-refractivity contribution < 1.29 is 74.3 Å². The number of carbonyl (C=O) groups is 4. The Morgan fingerprint density at radius 3 is 2.17 bits per heavy atom. The van der Waals surface area contributed by atoms with E-state index in [1.54, 1.807) is 55.8 Å². The molecule has 3 aromatic rings. The predicted molar refractivity (Wildman–Crippen MR) is 158 cm³/mol. The van der Waals surface area contributed by atoms with E-state index in [9.17, 15) is 24.3 Å². The third-order valence-electron chi connectivity index (χ3n) is 6.66. The highest BCUT2D eigenvalue weighted by molar-refractivity contribution is 5.90. The lowest BCUT2D eigenvalue weighted by Gasteiger charge is -2.21. The molecule has 1 fully saturated rings. The Bertz CT molecular complexity index is 1550. The minimum atomic E-state index is -1.10. The van der Waals surface area contributed by atoms with E-state index in [0.29, 0.717) is 11.5 Å². The van der Waals surface area contributed by atoms with Crippen molar-refractivity contribution in [2.45, 2.75) is 51.9 Å². The molecule has 46 heavy (non-hydrogen) atoms. The molecule has 12 nitrogen and oxygen atoms in total. The lowest BCUT2D eigenvalue weighted by Crippen LogP contribution is -3.00. The van der Waals surface area contributed by atoms with Gasteiger partial charge in [-0.05, 0) is 53.1 Å². The summed E-state index contributed by atoms with van der Waals surface area (Å²) in [5.41, 5.74) is 2.59. The number of rotatable bonds is 11. The Kier molecular flexibility index (Phi) is 13.0. The first kappa shape index (κ1) is 35.9. The van der Waals surface area contributed by atoms with Gasteiger partial charge in [0.25, 0.3) is 0 Å². The second-order valence-corrected chi connectivity index (χ2v) is 10.1. The van der Waals surface area contributed by atoms with Gasteiger partial charge in [0.1, 0.15) is 29.8 Å². The van der Waals surface area contributed by atoms with Crippen LogP contribution in [0.4, 0.5) is 0 Å². The Hall–Kier alpha value is -4.59. The van der Waals surface area contributed by atoms with Gasteiger partial charge >= 0.3 is 30.1 Å². The number of benzene rings is 2. The van der Waals surface area contributed by atoms with Crippen LogP contribution in [0.2, 0.25) is 0 Å². The Balaban J connectivity index is 0.00000576. The van der Waals surface area contributed by atoms with Crippen LogP contribution in [0.5, 0.6) is 11.5 Å². The standard InChI is InChI=1S/C33H34NO11.BrH/c1-20(36)41-19-29-30(42-21(2)37)31(43-22(3)38)32(45-29)34-13-5-6-26(17-34)33(39)44-27-11-9-23(10-12-27)7-8-24-14-25(18-35)16-28(15-24)40-4;/h5-17,29-32,35H,18-19H2,1-4H3;1H/q+1;/p-1/b8-7+;/t29-,30-,31-,32?;/m1./s1. The summed E-state index contributed by atoms with van der Waals surface area (Å²) in [6.07, 6.45) is 2.66. The fraction of sp³-hybridized carbons (Fsp3) is 0.303. The molecule has 1 aliphatic heterocycles. The quantitative estimate of drug-likeness (QED) is 0.0962. The number of halogens is 1. The zero-order chi connectivity index (χ0) is 32.5. The second kappa shape index (κ2) is 16.6. The first-order valence-electron chi connectivity index (χ1n) is 14.0. The molecule has 2 heterocycles. The summed E-state index contributed by atoms with van der Waals surface area (Å²) in [5, 5.41) is 9.47. The van der Waals surface area contributed by atoms with Crippen LogP contribution in [0.15, 0.2) is 67.0 Å². The van der Waals surface area contributed by atoms with E-state index < -0.39 is 48.4 Å². The maximum Gasteiger partial charge on any atom is 0.349 e. The van der Waals surface area contributed by atoms with E-state index in [-0.39, 0.29) is 35.8 Å². The number of carbonyl (C=O) groups excluding carboxylic acids is 4. The van der Waals surface area contributed by atoms with Gasteiger partial charge in [-0.15, -0.1) is 0 Å². The van der Waals surface area contributed by atoms with Crippen molar-refractivity contribution in [3.63, 3.8) is 0 Å². The molecule has 0 spiro atoms. The molecular formula is C33H34BrNO11. The Labute approximate surface area is 276 Å². The molecule has 1 aromatic heterocycles. The lowest BCUT2D eigenvalue weighted by molar-refractivity contribution is -0.765. The molecule has 1 unspecified atom stereocenters. The van der Waals surface area contributed by atoms with Crippen molar-refractivity contribution in [2.24, 2.45) is 0 Å². The van der Waals surface area contributed by atoms with Gasteiger partial charge in [0, 0.05) is 26.8 Å².